The average Bonchev–Trinajstić information content (AvgIpc) is 3.15. The summed E-state index contributed by atoms with van der Waals surface area (Å²) >= 11 is 0. The molecule has 0 saturated heterocycles. The molecule has 12 heteroatoms. The van der Waals surface area contributed by atoms with Crippen molar-refractivity contribution in [3.05, 3.63) is 147 Å². The number of benzene rings is 3. The quantitative estimate of drug-likeness (QED) is 0.0927. The Morgan fingerprint density at radius 1 is 0.755 bits per heavy atom. The molecule has 0 aliphatic rings. The summed E-state index contributed by atoms with van der Waals surface area (Å²) in [7, 11) is 2.86. The minimum absolute atomic E-state index is 0.0780. The van der Waals surface area contributed by atoms with Crippen molar-refractivity contribution >= 4 is 58.3 Å². The maximum Gasteiger partial charge on any atom is 0.278 e. The number of ether oxygens (including phenoxy) is 2. The Morgan fingerprint density at radius 3 is 1.98 bits per heavy atom. The van der Waals surface area contributed by atoms with E-state index in [0.717, 1.165) is 33.9 Å². The zero-order chi connectivity index (χ0) is 37.3. The average molecular weight is 708 g/mol. The number of nitro benzene ring substituents is 1. The van der Waals surface area contributed by atoms with Gasteiger partial charge in [0.25, 0.3) is 17.4 Å². The minimum atomic E-state index is -0.487. The molecule has 6 rings (SSSR count). The van der Waals surface area contributed by atoms with Gasteiger partial charge in [-0.15, -0.1) is 0 Å². The molecule has 3 heterocycles. The highest BCUT2D eigenvalue weighted by atomic mass is 16.6. The van der Waals surface area contributed by atoms with Crippen LogP contribution in [0.4, 0.5) is 17.1 Å². The smallest absolute Gasteiger partial charge is 0.278 e. The van der Waals surface area contributed by atoms with Crippen LogP contribution in [0.2, 0.25) is 0 Å². The van der Waals surface area contributed by atoms with Gasteiger partial charge in [-0.1, -0.05) is 48.6 Å². The molecule has 1 N–H and O–H groups in total. The Morgan fingerprint density at radius 2 is 1.36 bits per heavy atom. The van der Waals surface area contributed by atoms with Crippen LogP contribution in [0, 0.1) is 24.0 Å². The van der Waals surface area contributed by atoms with Crippen molar-refractivity contribution in [1.82, 2.24) is 19.9 Å². The molecule has 0 spiro atoms. The minimum Gasteiger partial charge on any atom is -0.477 e. The summed E-state index contributed by atoms with van der Waals surface area (Å²) in [6.45, 7) is 3.86. The van der Waals surface area contributed by atoms with Crippen molar-refractivity contribution in [2.45, 2.75) is 20.4 Å². The van der Waals surface area contributed by atoms with Gasteiger partial charge in [-0.2, -0.15) is 0 Å². The summed E-state index contributed by atoms with van der Waals surface area (Å²) < 4.78 is 10.7. The Balaban J connectivity index is 1.34. The Hall–Kier alpha value is -6.95. The van der Waals surface area contributed by atoms with E-state index in [9.17, 15) is 14.9 Å². The number of non-ortho nitro benzene ring substituents is 1. The van der Waals surface area contributed by atoms with Gasteiger partial charge in [0.2, 0.25) is 5.91 Å². The number of hydrogen-bond donors (Lipinski definition) is 1. The third kappa shape index (κ3) is 9.24. The summed E-state index contributed by atoms with van der Waals surface area (Å²) in [6, 6.07) is 29.6. The van der Waals surface area contributed by atoms with Crippen LogP contribution in [-0.2, 0) is 11.3 Å². The number of nitrogens with one attached hydrogen (secondary N) is 1. The number of nitro groups is 1. The van der Waals surface area contributed by atoms with Crippen LogP contribution in [0.1, 0.15) is 39.5 Å². The normalized spacial score (nSPS) is 11.2. The molecule has 6 aromatic rings. The molecule has 12 nitrogen and oxygen atoms in total. The largest absolute Gasteiger partial charge is 0.477 e. The first-order valence-electron chi connectivity index (χ1n) is 16.7. The maximum absolute atomic E-state index is 13.8. The molecule has 0 unspecified atom stereocenters. The first-order chi connectivity index (χ1) is 25.7. The van der Waals surface area contributed by atoms with Gasteiger partial charge in [0.05, 0.1) is 42.6 Å². The van der Waals surface area contributed by atoms with Crippen molar-refractivity contribution in [1.29, 1.82) is 0 Å². The van der Waals surface area contributed by atoms with Gasteiger partial charge in [0.15, 0.2) is 0 Å². The zero-order valence-electron chi connectivity index (χ0n) is 29.7. The third-order valence-corrected chi connectivity index (χ3v) is 8.18. The van der Waals surface area contributed by atoms with Crippen molar-refractivity contribution < 1.29 is 19.2 Å². The van der Waals surface area contributed by atoms with Crippen molar-refractivity contribution in [3.8, 4) is 11.8 Å². The standard InChI is InChI=1S/C41H37N7O5/c1-27-9-5-13-32(42-27)19-17-29-11-7-15-34(21-29)44-38(49)26-47(35-16-8-12-30(22-35)18-20-33-14-6-10-28(2)43-33)25-31-23-36(48(50)51)24-37-39(31)46-41(53-4)40(45-37)52-3/h5-24H,25-26H2,1-4H3,(H,44,49). The van der Waals surface area contributed by atoms with Gasteiger partial charge in [-0.05, 0) is 85.7 Å². The van der Waals surface area contributed by atoms with Gasteiger partial charge in [-0.25, -0.2) is 9.97 Å². The van der Waals surface area contributed by atoms with Crippen molar-refractivity contribution in [2.75, 3.05) is 31.0 Å². The number of carbonyl (C=O) groups is 1. The molecule has 0 atom stereocenters. The molecule has 0 fully saturated rings. The number of methoxy groups -OCH3 is 2. The number of anilines is 2. The fourth-order valence-corrected chi connectivity index (χ4v) is 5.71. The molecular formula is C41H37N7O5. The van der Waals surface area contributed by atoms with Crippen molar-refractivity contribution in [2.24, 2.45) is 0 Å². The van der Waals surface area contributed by atoms with Crippen molar-refractivity contribution in [3.63, 3.8) is 0 Å². The second kappa shape index (κ2) is 16.4. The summed E-state index contributed by atoms with van der Waals surface area (Å²) in [5, 5.41) is 15.1. The molecule has 53 heavy (non-hydrogen) atoms. The second-order valence-corrected chi connectivity index (χ2v) is 12.2. The highest BCUT2D eigenvalue weighted by Crippen LogP contribution is 2.32. The fourth-order valence-electron chi connectivity index (χ4n) is 5.71. The number of carbonyl (C=O) groups excluding carboxylic acids is 1. The topological polar surface area (TPSA) is 145 Å². The van der Waals surface area contributed by atoms with Crippen LogP contribution < -0.4 is 19.7 Å². The van der Waals surface area contributed by atoms with E-state index >= 15 is 0 Å². The molecule has 266 valence electrons. The summed E-state index contributed by atoms with van der Waals surface area (Å²) in [4.78, 5) is 45.3. The van der Waals surface area contributed by atoms with E-state index < -0.39 is 4.92 Å². The fraction of sp³-hybridized carbons (Fsp3) is 0.146. The molecule has 0 saturated carbocycles. The number of aryl methyl sites for hydroxylation is 2. The van der Waals surface area contributed by atoms with Gasteiger partial charge in [0.1, 0.15) is 5.52 Å². The first kappa shape index (κ1) is 35.9. The Labute approximate surface area is 306 Å². The molecule has 0 bridgehead atoms. The predicted octanol–water partition coefficient (Wildman–Crippen LogP) is 7.95. The molecule has 0 aliphatic carbocycles. The molecule has 3 aromatic heterocycles. The van der Waals surface area contributed by atoms with Crippen LogP contribution >= 0.6 is 0 Å². The van der Waals surface area contributed by atoms with E-state index in [0.29, 0.717) is 22.5 Å². The van der Waals surface area contributed by atoms with E-state index in [-0.39, 0.29) is 42.0 Å². The molecule has 3 aromatic carbocycles. The molecule has 0 aliphatic heterocycles. The lowest BCUT2D eigenvalue weighted by Crippen LogP contribution is -2.33. The van der Waals surface area contributed by atoms with E-state index in [1.165, 1.54) is 26.4 Å². The number of rotatable bonds is 13. The number of amides is 1. The van der Waals surface area contributed by atoms with Gasteiger partial charge >= 0.3 is 0 Å². The number of aromatic nitrogens is 4. The second-order valence-electron chi connectivity index (χ2n) is 12.2. The molecule has 1 amide bonds. The highest BCUT2D eigenvalue weighted by molar-refractivity contribution is 5.95. The van der Waals surface area contributed by atoms with Crippen LogP contribution in [0.25, 0.3) is 35.3 Å². The van der Waals surface area contributed by atoms with Gasteiger partial charge in [-0.3, -0.25) is 24.9 Å². The lowest BCUT2D eigenvalue weighted by Gasteiger charge is -2.25. The first-order valence-corrected chi connectivity index (χ1v) is 16.7. The number of hydrogen-bond acceptors (Lipinski definition) is 10. The lowest BCUT2D eigenvalue weighted by atomic mass is 10.1. The van der Waals surface area contributed by atoms with Gasteiger partial charge < -0.3 is 19.7 Å². The van der Waals surface area contributed by atoms with E-state index in [1.807, 2.05) is 128 Å². The highest BCUT2D eigenvalue weighted by Gasteiger charge is 2.21. The summed E-state index contributed by atoms with van der Waals surface area (Å²) in [6.07, 6.45) is 7.72. The van der Waals surface area contributed by atoms with Crippen LogP contribution in [0.15, 0.2) is 97.1 Å². The lowest BCUT2D eigenvalue weighted by molar-refractivity contribution is -0.384. The number of nitrogens with zero attached hydrogens (tertiary/aromatic N) is 6. The molecular weight excluding hydrogens is 670 g/mol. The SMILES string of the molecule is COc1nc2cc([N+](=O)[O-])cc(CN(CC(=O)Nc3cccc(C=Cc4cccc(C)n4)c3)c3cccc(C=Cc4cccc(C)n4)c3)c2nc1OC. The number of pyridine rings is 2. The van der Waals surface area contributed by atoms with Crippen LogP contribution in [0.5, 0.6) is 11.8 Å². The predicted molar refractivity (Wildman–Crippen MR) is 208 cm³/mol. The van der Waals surface area contributed by atoms with E-state index in [4.69, 9.17) is 9.47 Å². The van der Waals surface area contributed by atoms with Crippen LogP contribution in [0.3, 0.4) is 0 Å². The summed E-state index contributed by atoms with van der Waals surface area (Å²) in [5.41, 5.74) is 7.47. The third-order valence-electron chi connectivity index (χ3n) is 8.18. The van der Waals surface area contributed by atoms with Crippen LogP contribution in [-0.4, -0.2) is 51.5 Å². The Bertz CT molecular complexity index is 2360. The monoisotopic (exact) mass is 707 g/mol. The van der Waals surface area contributed by atoms with E-state index in [1.54, 1.807) is 0 Å². The molecule has 0 radical (unpaired) electrons. The number of fused-ring (bicyclic) bond motifs is 1. The zero-order valence-corrected chi connectivity index (χ0v) is 29.7. The van der Waals surface area contributed by atoms with E-state index in [2.05, 4.69) is 25.3 Å². The summed E-state index contributed by atoms with van der Waals surface area (Å²) in [5.74, 6) is -0.0719. The van der Waals surface area contributed by atoms with Gasteiger partial charge in [0, 0.05) is 47.0 Å². The Kier molecular flexibility index (Phi) is 11.1. The maximum atomic E-state index is 13.8.